The Morgan fingerprint density at radius 3 is 2.58 bits per heavy atom. The number of carbonyl (C=O) groups is 1. The largest absolute Gasteiger partial charge is 0.497 e. The monoisotopic (exact) mass is 356 g/mol. The van der Waals surface area contributed by atoms with Crippen molar-refractivity contribution >= 4 is 11.7 Å². The number of benzene rings is 2. The Hall–Kier alpha value is -2.69. The predicted molar refractivity (Wildman–Crippen MR) is 105 cm³/mol. The average molecular weight is 356 g/mol. The minimum Gasteiger partial charge on any atom is -0.497 e. The van der Waals surface area contributed by atoms with E-state index in [1.54, 1.807) is 25.3 Å². The number of hydrogen-bond donors (Lipinski definition) is 2. The molecule has 0 aliphatic rings. The highest BCUT2D eigenvalue weighted by Crippen LogP contribution is 2.29. The molecular weight excluding hydrogens is 328 g/mol. The smallest absolute Gasteiger partial charge is 0.319 e. The van der Waals surface area contributed by atoms with E-state index in [0.717, 1.165) is 24.8 Å². The van der Waals surface area contributed by atoms with Crippen LogP contribution in [0.5, 0.6) is 11.5 Å². The predicted octanol–water partition coefficient (Wildman–Crippen LogP) is 5.15. The van der Waals surface area contributed by atoms with Crippen molar-refractivity contribution in [1.29, 1.82) is 0 Å². The molecule has 0 heterocycles. The molecule has 0 aliphatic carbocycles. The van der Waals surface area contributed by atoms with Gasteiger partial charge in [0.2, 0.25) is 0 Å². The maximum Gasteiger partial charge on any atom is 0.319 e. The van der Waals surface area contributed by atoms with Crippen molar-refractivity contribution in [3.8, 4) is 11.5 Å². The van der Waals surface area contributed by atoms with Gasteiger partial charge in [0.15, 0.2) is 0 Å². The molecule has 5 heteroatoms. The highest BCUT2D eigenvalue weighted by atomic mass is 16.5. The van der Waals surface area contributed by atoms with E-state index < -0.39 is 0 Å². The van der Waals surface area contributed by atoms with Gasteiger partial charge < -0.3 is 20.1 Å². The van der Waals surface area contributed by atoms with E-state index >= 15 is 0 Å². The fourth-order valence-corrected chi connectivity index (χ4v) is 2.57. The fourth-order valence-electron chi connectivity index (χ4n) is 2.57. The Morgan fingerprint density at radius 2 is 1.88 bits per heavy atom. The second-order valence-electron chi connectivity index (χ2n) is 6.15. The Labute approximate surface area is 155 Å². The van der Waals surface area contributed by atoms with Gasteiger partial charge in [0.05, 0.1) is 25.4 Å². The van der Waals surface area contributed by atoms with E-state index in [1.165, 1.54) is 0 Å². The van der Waals surface area contributed by atoms with Crippen LogP contribution >= 0.6 is 0 Å². The van der Waals surface area contributed by atoms with Crippen molar-refractivity contribution in [2.75, 3.05) is 19.0 Å². The number of amides is 2. The maximum absolute atomic E-state index is 12.4. The lowest BCUT2D eigenvalue weighted by Gasteiger charge is -2.17. The first-order chi connectivity index (χ1) is 12.6. The van der Waals surface area contributed by atoms with E-state index in [9.17, 15) is 4.79 Å². The third-order valence-electron chi connectivity index (χ3n) is 4.09. The summed E-state index contributed by atoms with van der Waals surface area (Å²) < 4.78 is 11.1. The molecular formula is C21H28N2O3. The SMILES string of the molecule is CCCCCOc1cc(OC)ccc1NC(=O)N[C@@H](C)c1ccccc1. The molecule has 2 aromatic rings. The van der Waals surface area contributed by atoms with Gasteiger partial charge in [-0.15, -0.1) is 0 Å². The molecule has 0 radical (unpaired) electrons. The molecule has 0 unspecified atom stereocenters. The third-order valence-corrected chi connectivity index (χ3v) is 4.09. The first-order valence-corrected chi connectivity index (χ1v) is 9.07. The molecule has 0 saturated carbocycles. The summed E-state index contributed by atoms with van der Waals surface area (Å²) in [6.07, 6.45) is 3.22. The second kappa shape index (κ2) is 10.3. The Balaban J connectivity index is 2.01. The van der Waals surface area contributed by atoms with Crippen LogP contribution in [0.1, 0.15) is 44.7 Å². The van der Waals surface area contributed by atoms with Gasteiger partial charge in [-0.25, -0.2) is 4.79 Å². The lowest BCUT2D eigenvalue weighted by atomic mass is 10.1. The van der Waals surface area contributed by atoms with Crippen molar-refractivity contribution in [3.05, 3.63) is 54.1 Å². The Morgan fingerprint density at radius 1 is 1.12 bits per heavy atom. The zero-order valence-corrected chi connectivity index (χ0v) is 15.7. The number of unbranched alkanes of at least 4 members (excludes halogenated alkanes) is 2. The van der Waals surface area contributed by atoms with Crippen molar-refractivity contribution < 1.29 is 14.3 Å². The Kier molecular flexibility index (Phi) is 7.80. The van der Waals surface area contributed by atoms with Crippen LogP contribution in [0.25, 0.3) is 0 Å². The fraction of sp³-hybridized carbons (Fsp3) is 0.381. The van der Waals surface area contributed by atoms with Crippen LogP contribution in [0.2, 0.25) is 0 Å². The topological polar surface area (TPSA) is 59.6 Å². The molecule has 0 saturated heterocycles. The zero-order valence-electron chi connectivity index (χ0n) is 15.7. The van der Waals surface area contributed by atoms with Crippen molar-refractivity contribution in [1.82, 2.24) is 5.32 Å². The van der Waals surface area contributed by atoms with Crippen molar-refractivity contribution in [3.63, 3.8) is 0 Å². The van der Waals surface area contributed by atoms with Gasteiger partial charge in [0.1, 0.15) is 11.5 Å². The summed E-state index contributed by atoms with van der Waals surface area (Å²) >= 11 is 0. The summed E-state index contributed by atoms with van der Waals surface area (Å²) in [6, 6.07) is 14.9. The number of methoxy groups -OCH3 is 1. The van der Waals surface area contributed by atoms with Gasteiger partial charge in [0, 0.05) is 6.07 Å². The number of ether oxygens (including phenoxy) is 2. The van der Waals surface area contributed by atoms with E-state index in [1.807, 2.05) is 37.3 Å². The molecule has 0 fully saturated rings. The van der Waals surface area contributed by atoms with E-state index in [-0.39, 0.29) is 12.1 Å². The van der Waals surface area contributed by atoms with Gasteiger partial charge in [0.25, 0.3) is 0 Å². The van der Waals surface area contributed by atoms with Crippen LogP contribution in [0, 0.1) is 0 Å². The normalized spacial score (nSPS) is 11.5. The van der Waals surface area contributed by atoms with Crippen LogP contribution in [-0.4, -0.2) is 19.7 Å². The van der Waals surface area contributed by atoms with Gasteiger partial charge in [-0.1, -0.05) is 50.1 Å². The summed E-state index contributed by atoms with van der Waals surface area (Å²) in [6.45, 7) is 4.71. The second-order valence-corrected chi connectivity index (χ2v) is 6.15. The van der Waals surface area contributed by atoms with E-state index in [2.05, 4.69) is 17.6 Å². The number of urea groups is 1. The molecule has 1 atom stereocenters. The Bertz CT molecular complexity index is 689. The molecule has 0 spiro atoms. The van der Waals surface area contributed by atoms with Gasteiger partial charge in [-0.05, 0) is 31.0 Å². The van der Waals surface area contributed by atoms with Crippen LogP contribution in [0.3, 0.4) is 0 Å². The first kappa shape index (κ1) is 19.6. The third kappa shape index (κ3) is 5.99. The van der Waals surface area contributed by atoms with Crippen LogP contribution in [-0.2, 0) is 0 Å². The average Bonchev–Trinajstić information content (AvgIpc) is 2.66. The minimum atomic E-state index is -0.273. The molecule has 2 amide bonds. The molecule has 26 heavy (non-hydrogen) atoms. The number of anilines is 1. The summed E-state index contributed by atoms with van der Waals surface area (Å²) in [7, 11) is 1.61. The van der Waals surface area contributed by atoms with Crippen LogP contribution < -0.4 is 20.1 Å². The van der Waals surface area contributed by atoms with E-state index in [4.69, 9.17) is 9.47 Å². The van der Waals surface area contributed by atoms with E-state index in [0.29, 0.717) is 23.8 Å². The summed E-state index contributed by atoms with van der Waals surface area (Å²) in [5.74, 6) is 1.31. The van der Waals surface area contributed by atoms with Crippen molar-refractivity contribution in [2.45, 2.75) is 39.2 Å². The molecule has 0 bridgehead atoms. The minimum absolute atomic E-state index is 0.0941. The molecule has 2 aromatic carbocycles. The standard InChI is InChI=1S/C21H28N2O3/c1-4-5-9-14-26-20-15-18(25-3)12-13-19(20)23-21(24)22-16(2)17-10-7-6-8-11-17/h6-8,10-13,15-16H,4-5,9,14H2,1-3H3,(H2,22,23,24)/t16-/m0/s1. The van der Waals surface area contributed by atoms with Crippen LogP contribution in [0.4, 0.5) is 10.5 Å². The van der Waals surface area contributed by atoms with Gasteiger partial charge in [-0.2, -0.15) is 0 Å². The molecule has 5 nitrogen and oxygen atoms in total. The quantitative estimate of drug-likeness (QED) is 0.611. The van der Waals surface area contributed by atoms with Crippen LogP contribution in [0.15, 0.2) is 48.5 Å². The molecule has 0 aromatic heterocycles. The number of hydrogen-bond acceptors (Lipinski definition) is 3. The van der Waals surface area contributed by atoms with Crippen molar-refractivity contribution in [2.24, 2.45) is 0 Å². The number of rotatable bonds is 9. The highest BCUT2D eigenvalue weighted by molar-refractivity contribution is 5.91. The first-order valence-electron chi connectivity index (χ1n) is 9.07. The summed E-state index contributed by atoms with van der Waals surface area (Å²) in [5, 5.41) is 5.81. The molecule has 140 valence electrons. The molecule has 2 N–H and O–H groups in total. The number of nitrogens with one attached hydrogen (secondary N) is 2. The number of carbonyl (C=O) groups excluding carboxylic acids is 1. The van der Waals surface area contributed by atoms with Gasteiger partial charge in [-0.3, -0.25) is 0 Å². The highest BCUT2D eigenvalue weighted by Gasteiger charge is 2.12. The lowest BCUT2D eigenvalue weighted by molar-refractivity contribution is 0.249. The van der Waals surface area contributed by atoms with Gasteiger partial charge >= 0.3 is 6.03 Å². The molecule has 2 rings (SSSR count). The summed E-state index contributed by atoms with van der Waals surface area (Å²) in [5.41, 5.74) is 1.67. The zero-order chi connectivity index (χ0) is 18.8. The lowest BCUT2D eigenvalue weighted by Crippen LogP contribution is -2.31. The maximum atomic E-state index is 12.4. The molecule has 0 aliphatic heterocycles. The summed E-state index contributed by atoms with van der Waals surface area (Å²) in [4.78, 5) is 12.4.